The van der Waals surface area contributed by atoms with E-state index in [1.165, 1.54) is 6.07 Å². The first kappa shape index (κ1) is 31.0. The predicted molar refractivity (Wildman–Crippen MR) is 177 cm³/mol. The quantitative estimate of drug-likeness (QED) is 0.224. The molecule has 4 aromatic rings. The lowest BCUT2D eigenvalue weighted by atomic mass is 9.98. The maximum Gasteiger partial charge on any atom is 0.256 e. The molecule has 7 nitrogen and oxygen atoms in total. The number of hydrogen-bond acceptors (Lipinski definition) is 5. The third-order valence-electron chi connectivity index (χ3n) is 9.33. The standard InChI is InChI=1S/C36H39ClFN5O2/c1-21(2)43(36(45)34-28-9-7-6-8-27(28)31(38)20-30(34)37)32-13-12-24-10-11-25(19-29(24)32)35(44)41(5)26-14-16-42(17-15-26)33-18-22(3)39-23(4)40-33/h6-11,18-21,26,32H,12-17H2,1-5H3/t32-/m1/s1. The molecule has 0 radical (unpaired) electrons. The Morgan fingerprint density at radius 2 is 1.67 bits per heavy atom. The molecular formula is C36H39ClFN5O2. The molecule has 2 heterocycles. The van der Waals surface area contributed by atoms with Crippen molar-refractivity contribution in [3.8, 4) is 0 Å². The molecule has 2 amide bonds. The van der Waals surface area contributed by atoms with Crippen LogP contribution in [-0.4, -0.2) is 63.8 Å². The number of halogens is 2. The molecule has 0 spiro atoms. The number of piperidine rings is 1. The first-order chi connectivity index (χ1) is 21.5. The summed E-state index contributed by atoms with van der Waals surface area (Å²) in [5.74, 6) is 0.994. The van der Waals surface area contributed by atoms with Crippen molar-refractivity contribution >= 4 is 40.0 Å². The number of hydrogen-bond donors (Lipinski definition) is 0. The van der Waals surface area contributed by atoms with Crippen LogP contribution < -0.4 is 4.90 Å². The van der Waals surface area contributed by atoms with Gasteiger partial charge >= 0.3 is 0 Å². The summed E-state index contributed by atoms with van der Waals surface area (Å²) in [7, 11) is 1.89. The molecule has 0 unspecified atom stereocenters. The van der Waals surface area contributed by atoms with Gasteiger partial charge in [0.2, 0.25) is 0 Å². The molecule has 0 bridgehead atoms. The fraction of sp³-hybridized carbons (Fsp3) is 0.389. The molecule has 1 saturated heterocycles. The Kier molecular flexibility index (Phi) is 8.53. The van der Waals surface area contributed by atoms with Crippen molar-refractivity contribution in [3.05, 3.63) is 99.2 Å². The third-order valence-corrected chi connectivity index (χ3v) is 9.63. The average Bonchev–Trinajstić information content (AvgIpc) is 3.42. The zero-order chi connectivity index (χ0) is 32.0. The van der Waals surface area contributed by atoms with E-state index in [9.17, 15) is 14.0 Å². The third kappa shape index (κ3) is 5.88. The highest BCUT2D eigenvalue weighted by molar-refractivity contribution is 6.35. The van der Waals surface area contributed by atoms with Gasteiger partial charge in [0.1, 0.15) is 17.5 Å². The van der Waals surface area contributed by atoms with Gasteiger partial charge in [-0.25, -0.2) is 14.4 Å². The van der Waals surface area contributed by atoms with Gasteiger partial charge in [-0.05, 0) is 88.1 Å². The van der Waals surface area contributed by atoms with Gasteiger partial charge in [-0.2, -0.15) is 0 Å². The number of anilines is 1. The summed E-state index contributed by atoms with van der Waals surface area (Å²) >= 11 is 6.55. The molecule has 2 aliphatic rings. The summed E-state index contributed by atoms with van der Waals surface area (Å²) in [6.45, 7) is 9.48. The molecule has 1 aliphatic carbocycles. The van der Waals surface area contributed by atoms with Crippen LogP contribution in [0.15, 0.2) is 54.6 Å². The highest BCUT2D eigenvalue weighted by atomic mass is 35.5. The van der Waals surface area contributed by atoms with Gasteiger partial charge in [0.25, 0.3) is 11.8 Å². The lowest BCUT2D eigenvalue weighted by Gasteiger charge is -2.37. The first-order valence-corrected chi connectivity index (χ1v) is 16.1. The summed E-state index contributed by atoms with van der Waals surface area (Å²) in [6, 6.07) is 15.8. The summed E-state index contributed by atoms with van der Waals surface area (Å²) < 4.78 is 14.7. The average molecular weight is 628 g/mol. The van der Waals surface area contributed by atoms with Crippen molar-refractivity contribution in [1.82, 2.24) is 19.8 Å². The van der Waals surface area contributed by atoms with E-state index < -0.39 is 5.82 Å². The summed E-state index contributed by atoms with van der Waals surface area (Å²) in [5.41, 5.74) is 4.00. The number of aromatic nitrogens is 2. The van der Waals surface area contributed by atoms with Crippen molar-refractivity contribution in [2.75, 3.05) is 25.0 Å². The number of fused-ring (bicyclic) bond motifs is 2. The molecule has 3 aromatic carbocycles. The van der Waals surface area contributed by atoms with Crippen LogP contribution in [0.3, 0.4) is 0 Å². The zero-order valence-corrected chi connectivity index (χ0v) is 27.2. The Morgan fingerprint density at radius 3 is 2.36 bits per heavy atom. The Bertz CT molecular complexity index is 1770. The SMILES string of the molecule is Cc1cc(N2CCC(N(C)C(=O)c3ccc4c(c3)[C@H](N(C(=O)c3c(Cl)cc(F)c5ccccc35)C(C)C)CC4)CC2)nc(C)n1. The molecule has 0 N–H and O–H groups in total. The Labute approximate surface area is 269 Å². The van der Waals surface area contributed by atoms with E-state index in [-0.39, 0.29) is 35.0 Å². The first-order valence-electron chi connectivity index (χ1n) is 15.7. The van der Waals surface area contributed by atoms with E-state index in [0.717, 1.165) is 67.2 Å². The second-order valence-corrected chi connectivity index (χ2v) is 13.0. The molecule has 45 heavy (non-hydrogen) atoms. The number of carbonyl (C=O) groups excluding carboxylic acids is 2. The number of carbonyl (C=O) groups is 2. The molecule has 9 heteroatoms. The Morgan fingerprint density at radius 1 is 0.956 bits per heavy atom. The number of nitrogens with zero attached hydrogens (tertiary/aromatic N) is 5. The maximum atomic E-state index is 14.7. The normalized spacial score (nSPS) is 16.7. The van der Waals surface area contributed by atoms with Crippen LogP contribution in [0.2, 0.25) is 5.02 Å². The van der Waals surface area contributed by atoms with Gasteiger partial charge < -0.3 is 14.7 Å². The summed E-state index contributed by atoms with van der Waals surface area (Å²) in [6.07, 6.45) is 3.24. The van der Waals surface area contributed by atoms with Gasteiger partial charge in [0.15, 0.2) is 0 Å². The zero-order valence-electron chi connectivity index (χ0n) is 26.5. The summed E-state index contributed by atoms with van der Waals surface area (Å²) in [5, 5.41) is 0.962. The Hall–Kier alpha value is -4.04. The van der Waals surface area contributed by atoms with Crippen molar-refractivity contribution in [3.63, 3.8) is 0 Å². The van der Waals surface area contributed by atoms with Crippen LogP contribution in [0.1, 0.15) is 82.5 Å². The van der Waals surface area contributed by atoms with E-state index >= 15 is 0 Å². The van der Waals surface area contributed by atoms with Gasteiger partial charge in [-0.15, -0.1) is 0 Å². The summed E-state index contributed by atoms with van der Waals surface area (Å²) in [4.78, 5) is 43.1. The van der Waals surface area contributed by atoms with Crippen LogP contribution in [0.4, 0.5) is 10.2 Å². The van der Waals surface area contributed by atoms with Crippen LogP contribution >= 0.6 is 11.6 Å². The van der Waals surface area contributed by atoms with Gasteiger partial charge in [0, 0.05) is 54.9 Å². The minimum Gasteiger partial charge on any atom is -0.356 e. The second kappa shape index (κ2) is 12.4. The second-order valence-electron chi connectivity index (χ2n) is 12.6. The lowest BCUT2D eigenvalue weighted by Crippen LogP contribution is -2.46. The molecule has 1 aliphatic heterocycles. The molecule has 1 atom stereocenters. The minimum atomic E-state index is -0.452. The van der Waals surface area contributed by atoms with E-state index in [0.29, 0.717) is 21.9 Å². The highest BCUT2D eigenvalue weighted by Crippen LogP contribution is 2.40. The number of aryl methyl sites for hydroxylation is 3. The maximum absolute atomic E-state index is 14.7. The van der Waals surface area contributed by atoms with Crippen molar-refractivity contribution < 1.29 is 14.0 Å². The molecule has 234 valence electrons. The molecule has 1 aromatic heterocycles. The topological polar surface area (TPSA) is 69.6 Å². The van der Waals surface area contributed by atoms with Crippen LogP contribution in [0.5, 0.6) is 0 Å². The fourth-order valence-corrected chi connectivity index (χ4v) is 7.37. The van der Waals surface area contributed by atoms with E-state index in [2.05, 4.69) is 14.9 Å². The molecule has 6 rings (SSSR count). The van der Waals surface area contributed by atoms with Crippen LogP contribution in [0.25, 0.3) is 10.8 Å². The predicted octanol–water partition coefficient (Wildman–Crippen LogP) is 7.32. The van der Waals surface area contributed by atoms with Crippen molar-refractivity contribution in [2.45, 2.75) is 71.5 Å². The molecule has 1 fully saturated rings. The van der Waals surface area contributed by atoms with Gasteiger partial charge in [-0.1, -0.05) is 41.9 Å². The van der Waals surface area contributed by atoms with E-state index in [1.807, 2.05) is 68.8 Å². The monoisotopic (exact) mass is 627 g/mol. The molecule has 0 saturated carbocycles. The van der Waals surface area contributed by atoms with E-state index in [1.54, 1.807) is 24.3 Å². The minimum absolute atomic E-state index is 0.0226. The lowest BCUT2D eigenvalue weighted by molar-refractivity contribution is 0.0608. The highest BCUT2D eigenvalue weighted by Gasteiger charge is 2.36. The van der Waals surface area contributed by atoms with E-state index in [4.69, 9.17) is 11.6 Å². The molecular weight excluding hydrogens is 589 g/mol. The van der Waals surface area contributed by atoms with Crippen LogP contribution in [0, 0.1) is 19.7 Å². The van der Waals surface area contributed by atoms with Crippen molar-refractivity contribution in [1.29, 1.82) is 0 Å². The number of rotatable bonds is 6. The Balaban J connectivity index is 1.23. The van der Waals surface area contributed by atoms with Crippen LogP contribution in [-0.2, 0) is 6.42 Å². The number of benzene rings is 3. The fourth-order valence-electron chi connectivity index (χ4n) is 7.10. The number of amides is 2. The van der Waals surface area contributed by atoms with Gasteiger partial charge in [0.05, 0.1) is 16.6 Å². The van der Waals surface area contributed by atoms with Gasteiger partial charge in [-0.3, -0.25) is 9.59 Å². The largest absolute Gasteiger partial charge is 0.356 e. The van der Waals surface area contributed by atoms with Crippen molar-refractivity contribution in [2.24, 2.45) is 0 Å². The smallest absolute Gasteiger partial charge is 0.256 e.